The van der Waals surface area contributed by atoms with Crippen molar-refractivity contribution in [2.75, 3.05) is 6.61 Å². The molecule has 0 spiro atoms. The minimum absolute atomic E-state index is 0.154. The number of benzene rings is 2. The molecule has 0 saturated carbocycles. The first-order valence-corrected chi connectivity index (χ1v) is 9.30. The molecule has 0 radical (unpaired) electrons. The standard InChI is InChI=1S/C23H24N2O3/c1-16(27)6-4-7-17-8-5-9-18(12-17)23(28)25-20(15-26)13-19-14-24-22-11-3-2-10-21(19)22/h2-3,5,8-12,14,16,20,24,26-27H,6,13,15H2,1H3,(H,25,28)/t16?,20-/m1/s1. The van der Waals surface area contributed by atoms with Crippen LogP contribution < -0.4 is 5.32 Å². The fourth-order valence-corrected chi connectivity index (χ4v) is 3.03. The first-order chi connectivity index (χ1) is 13.6. The Bertz CT molecular complexity index is 1010. The third-order valence-corrected chi connectivity index (χ3v) is 4.45. The summed E-state index contributed by atoms with van der Waals surface area (Å²) in [5.74, 6) is 5.59. The number of aromatic nitrogens is 1. The molecule has 0 fully saturated rings. The highest BCUT2D eigenvalue weighted by molar-refractivity contribution is 5.94. The van der Waals surface area contributed by atoms with Gasteiger partial charge in [0.25, 0.3) is 5.91 Å². The van der Waals surface area contributed by atoms with Gasteiger partial charge in [0, 0.05) is 34.6 Å². The van der Waals surface area contributed by atoms with Crippen molar-refractivity contribution in [3.05, 3.63) is 71.4 Å². The van der Waals surface area contributed by atoms with E-state index in [1.807, 2.05) is 36.5 Å². The molecule has 0 saturated heterocycles. The maximum absolute atomic E-state index is 12.6. The lowest BCUT2D eigenvalue weighted by Gasteiger charge is -2.16. The van der Waals surface area contributed by atoms with Crippen LogP contribution in [0.5, 0.6) is 0 Å². The molecule has 1 heterocycles. The van der Waals surface area contributed by atoms with E-state index in [2.05, 4.69) is 22.1 Å². The molecule has 0 aliphatic rings. The van der Waals surface area contributed by atoms with E-state index < -0.39 is 12.1 Å². The van der Waals surface area contributed by atoms with Crippen molar-refractivity contribution < 1.29 is 15.0 Å². The number of amides is 1. The number of H-pyrrole nitrogens is 1. The van der Waals surface area contributed by atoms with E-state index in [4.69, 9.17) is 0 Å². The number of para-hydroxylation sites is 1. The highest BCUT2D eigenvalue weighted by Crippen LogP contribution is 2.19. The van der Waals surface area contributed by atoms with Crippen LogP contribution in [0.25, 0.3) is 10.9 Å². The van der Waals surface area contributed by atoms with Crippen LogP contribution in [0, 0.1) is 11.8 Å². The smallest absolute Gasteiger partial charge is 0.251 e. The Kier molecular flexibility index (Phi) is 6.49. The molecule has 2 atom stereocenters. The highest BCUT2D eigenvalue weighted by Gasteiger charge is 2.15. The van der Waals surface area contributed by atoms with Crippen LogP contribution >= 0.6 is 0 Å². The maximum atomic E-state index is 12.6. The number of carbonyl (C=O) groups is 1. The second kappa shape index (κ2) is 9.23. The Balaban J connectivity index is 1.69. The largest absolute Gasteiger partial charge is 0.394 e. The number of hydrogen-bond acceptors (Lipinski definition) is 3. The molecule has 1 aromatic heterocycles. The number of aliphatic hydroxyl groups is 2. The molecule has 28 heavy (non-hydrogen) atoms. The highest BCUT2D eigenvalue weighted by atomic mass is 16.3. The Hall–Kier alpha value is -3.07. The molecule has 1 amide bonds. The number of nitrogens with one attached hydrogen (secondary N) is 2. The lowest BCUT2D eigenvalue weighted by atomic mass is 10.0. The fourth-order valence-electron chi connectivity index (χ4n) is 3.03. The zero-order valence-electron chi connectivity index (χ0n) is 15.8. The van der Waals surface area contributed by atoms with Gasteiger partial charge in [-0.05, 0) is 43.2 Å². The van der Waals surface area contributed by atoms with E-state index in [1.165, 1.54) is 0 Å². The van der Waals surface area contributed by atoms with Crippen LogP contribution in [-0.4, -0.2) is 39.9 Å². The van der Waals surface area contributed by atoms with Crippen LogP contribution in [0.15, 0.2) is 54.7 Å². The van der Waals surface area contributed by atoms with Crippen LogP contribution in [0.3, 0.4) is 0 Å². The zero-order chi connectivity index (χ0) is 19.9. The van der Waals surface area contributed by atoms with E-state index in [0.29, 0.717) is 24.0 Å². The minimum Gasteiger partial charge on any atom is -0.394 e. The summed E-state index contributed by atoms with van der Waals surface area (Å²) in [6.45, 7) is 1.53. The number of hydrogen-bond donors (Lipinski definition) is 4. The van der Waals surface area contributed by atoms with E-state index >= 15 is 0 Å². The van der Waals surface area contributed by atoms with Gasteiger partial charge in [-0.1, -0.05) is 36.1 Å². The summed E-state index contributed by atoms with van der Waals surface area (Å²) in [5, 5.41) is 23.0. The van der Waals surface area contributed by atoms with Gasteiger partial charge in [-0.15, -0.1) is 0 Å². The quantitative estimate of drug-likeness (QED) is 0.499. The van der Waals surface area contributed by atoms with Crippen LogP contribution in [-0.2, 0) is 6.42 Å². The van der Waals surface area contributed by atoms with E-state index in [0.717, 1.165) is 16.5 Å². The van der Waals surface area contributed by atoms with Crippen molar-refractivity contribution in [3.8, 4) is 11.8 Å². The van der Waals surface area contributed by atoms with Gasteiger partial charge in [0.1, 0.15) is 0 Å². The third kappa shape index (κ3) is 5.01. The molecule has 4 N–H and O–H groups in total. The Morgan fingerprint density at radius 2 is 2.04 bits per heavy atom. The fraction of sp³-hybridized carbons (Fsp3) is 0.261. The van der Waals surface area contributed by atoms with Crippen molar-refractivity contribution in [1.29, 1.82) is 0 Å². The molecule has 3 aromatic rings. The predicted octanol–water partition coefficient (Wildman–Crippen LogP) is 2.62. The monoisotopic (exact) mass is 376 g/mol. The number of carbonyl (C=O) groups excluding carboxylic acids is 1. The second-order valence-electron chi connectivity index (χ2n) is 6.85. The van der Waals surface area contributed by atoms with E-state index in [1.54, 1.807) is 25.1 Å². The zero-order valence-corrected chi connectivity index (χ0v) is 15.8. The number of aromatic amines is 1. The first-order valence-electron chi connectivity index (χ1n) is 9.30. The first kappa shape index (κ1) is 19.7. The predicted molar refractivity (Wildman–Crippen MR) is 110 cm³/mol. The second-order valence-corrected chi connectivity index (χ2v) is 6.85. The molecule has 5 heteroatoms. The Labute approximate surface area is 164 Å². The lowest BCUT2D eigenvalue weighted by molar-refractivity contribution is 0.0916. The number of rotatable bonds is 6. The SMILES string of the molecule is CC(O)CC#Cc1cccc(C(=O)N[C@@H](CO)Cc2c[nH]c3ccccc23)c1. The summed E-state index contributed by atoms with van der Waals surface area (Å²) < 4.78 is 0. The molecule has 2 aromatic carbocycles. The Morgan fingerprint density at radius 3 is 2.82 bits per heavy atom. The van der Waals surface area contributed by atoms with Gasteiger partial charge in [-0.2, -0.15) is 0 Å². The van der Waals surface area contributed by atoms with Crippen molar-refractivity contribution in [1.82, 2.24) is 10.3 Å². The molecular weight excluding hydrogens is 352 g/mol. The lowest BCUT2D eigenvalue weighted by Crippen LogP contribution is -2.39. The average molecular weight is 376 g/mol. The van der Waals surface area contributed by atoms with Crippen molar-refractivity contribution in [3.63, 3.8) is 0 Å². The van der Waals surface area contributed by atoms with Gasteiger partial charge in [0.15, 0.2) is 0 Å². The Morgan fingerprint density at radius 1 is 1.21 bits per heavy atom. The van der Waals surface area contributed by atoms with Crippen LogP contribution in [0.2, 0.25) is 0 Å². The summed E-state index contributed by atoms with van der Waals surface area (Å²) in [5.41, 5.74) is 3.28. The molecule has 144 valence electrons. The summed E-state index contributed by atoms with van der Waals surface area (Å²) in [4.78, 5) is 15.8. The molecule has 0 aliphatic carbocycles. The molecular formula is C23H24N2O3. The maximum Gasteiger partial charge on any atom is 0.251 e. The van der Waals surface area contributed by atoms with Gasteiger partial charge >= 0.3 is 0 Å². The van der Waals surface area contributed by atoms with E-state index in [-0.39, 0.29) is 12.5 Å². The molecule has 3 rings (SSSR count). The molecule has 0 aliphatic heterocycles. The van der Waals surface area contributed by atoms with Crippen molar-refractivity contribution in [2.24, 2.45) is 0 Å². The molecule has 0 bridgehead atoms. The van der Waals surface area contributed by atoms with E-state index in [9.17, 15) is 15.0 Å². The molecule has 5 nitrogen and oxygen atoms in total. The minimum atomic E-state index is -0.478. The molecule has 1 unspecified atom stereocenters. The topological polar surface area (TPSA) is 85.3 Å². The van der Waals surface area contributed by atoms with Crippen molar-refractivity contribution in [2.45, 2.75) is 31.9 Å². The number of aliphatic hydroxyl groups excluding tert-OH is 2. The van der Waals surface area contributed by atoms with Gasteiger partial charge in [-0.3, -0.25) is 4.79 Å². The summed E-state index contributed by atoms with van der Waals surface area (Å²) in [7, 11) is 0. The third-order valence-electron chi connectivity index (χ3n) is 4.45. The van der Waals surface area contributed by atoms with Gasteiger partial charge in [0.2, 0.25) is 0 Å². The summed E-state index contributed by atoms with van der Waals surface area (Å²) in [6, 6.07) is 14.6. The van der Waals surface area contributed by atoms with Crippen molar-refractivity contribution >= 4 is 16.8 Å². The summed E-state index contributed by atoms with van der Waals surface area (Å²) >= 11 is 0. The number of fused-ring (bicyclic) bond motifs is 1. The van der Waals surface area contributed by atoms with Crippen LogP contribution in [0.1, 0.15) is 34.8 Å². The van der Waals surface area contributed by atoms with Gasteiger partial charge in [-0.25, -0.2) is 0 Å². The van der Waals surface area contributed by atoms with Gasteiger partial charge < -0.3 is 20.5 Å². The summed E-state index contributed by atoms with van der Waals surface area (Å²) in [6.07, 6.45) is 2.35. The van der Waals surface area contributed by atoms with Gasteiger partial charge in [0.05, 0.1) is 18.8 Å². The average Bonchev–Trinajstić information content (AvgIpc) is 3.10. The normalized spacial score (nSPS) is 12.8. The van der Waals surface area contributed by atoms with Crippen LogP contribution in [0.4, 0.5) is 0 Å².